The summed E-state index contributed by atoms with van der Waals surface area (Å²) in [6.45, 7) is 11.1. The van der Waals surface area contributed by atoms with Gasteiger partial charge in [0.15, 0.2) is 0 Å². The standard InChI is InChI=1S/C14H27N3/c1-10-13(11(2)17(7)16-10)12(15-6)8-9-14(3,4)5/h12,15H,8-9H2,1-7H3. The Morgan fingerprint density at radius 1 is 1.29 bits per heavy atom. The Kier molecular flexibility index (Phi) is 4.36. The van der Waals surface area contributed by atoms with Gasteiger partial charge in [-0.05, 0) is 39.2 Å². The molecule has 0 spiro atoms. The summed E-state index contributed by atoms with van der Waals surface area (Å²) in [5.74, 6) is 0. The van der Waals surface area contributed by atoms with Crippen molar-refractivity contribution >= 4 is 0 Å². The first-order valence-corrected chi connectivity index (χ1v) is 6.43. The predicted octanol–water partition coefficient (Wildman–Crippen LogP) is 3.12. The average Bonchev–Trinajstić information content (AvgIpc) is 2.43. The Morgan fingerprint density at radius 3 is 2.24 bits per heavy atom. The molecule has 1 aromatic heterocycles. The third kappa shape index (κ3) is 3.56. The zero-order valence-electron chi connectivity index (χ0n) is 12.4. The minimum Gasteiger partial charge on any atom is -0.313 e. The molecule has 1 atom stereocenters. The van der Waals surface area contributed by atoms with E-state index in [2.05, 4.69) is 45.0 Å². The van der Waals surface area contributed by atoms with Gasteiger partial charge in [-0.15, -0.1) is 0 Å². The Labute approximate surface area is 106 Å². The molecule has 0 aromatic carbocycles. The first kappa shape index (κ1) is 14.2. The maximum absolute atomic E-state index is 4.50. The van der Waals surface area contributed by atoms with Gasteiger partial charge in [0.1, 0.15) is 0 Å². The van der Waals surface area contributed by atoms with Crippen molar-refractivity contribution < 1.29 is 0 Å². The number of hydrogen-bond donors (Lipinski definition) is 1. The van der Waals surface area contributed by atoms with Gasteiger partial charge in [0.05, 0.1) is 5.69 Å². The Balaban J connectivity index is 2.87. The van der Waals surface area contributed by atoms with Crippen LogP contribution in [-0.2, 0) is 7.05 Å². The molecule has 1 rings (SSSR count). The molecule has 0 aliphatic heterocycles. The number of nitrogens with zero attached hydrogens (tertiary/aromatic N) is 2. The molecule has 0 aliphatic carbocycles. The second-order valence-corrected chi connectivity index (χ2v) is 6.15. The van der Waals surface area contributed by atoms with Gasteiger partial charge in [-0.2, -0.15) is 5.10 Å². The SMILES string of the molecule is CNC(CCC(C)(C)C)c1c(C)nn(C)c1C. The molecular formula is C14H27N3. The topological polar surface area (TPSA) is 29.9 Å². The highest BCUT2D eigenvalue weighted by Gasteiger charge is 2.21. The summed E-state index contributed by atoms with van der Waals surface area (Å²) in [6.07, 6.45) is 2.37. The van der Waals surface area contributed by atoms with E-state index >= 15 is 0 Å². The predicted molar refractivity (Wildman–Crippen MR) is 73.2 cm³/mol. The van der Waals surface area contributed by atoms with Gasteiger partial charge in [-0.1, -0.05) is 20.8 Å². The monoisotopic (exact) mass is 237 g/mol. The van der Waals surface area contributed by atoms with Crippen LogP contribution in [0.25, 0.3) is 0 Å². The van der Waals surface area contributed by atoms with E-state index in [4.69, 9.17) is 0 Å². The molecule has 0 radical (unpaired) electrons. The van der Waals surface area contributed by atoms with Crippen LogP contribution in [0.15, 0.2) is 0 Å². The highest BCUT2D eigenvalue weighted by Crippen LogP contribution is 2.29. The molecule has 0 saturated heterocycles. The number of rotatable bonds is 4. The highest BCUT2D eigenvalue weighted by atomic mass is 15.3. The molecular weight excluding hydrogens is 210 g/mol. The first-order valence-electron chi connectivity index (χ1n) is 6.43. The van der Waals surface area contributed by atoms with Crippen molar-refractivity contribution in [2.24, 2.45) is 12.5 Å². The molecule has 1 N–H and O–H groups in total. The minimum atomic E-state index is 0.388. The second-order valence-electron chi connectivity index (χ2n) is 6.15. The molecule has 17 heavy (non-hydrogen) atoms. The van der Waals surface area contributed by atoms with Crippen molar-refractivity contribution in [3.05, 3.63) is 17.0 Å². The first-order chi connectivity index (χ1) is 7.76. The third-order valence-electron chi connectivity index (χ3n) is 3.44. The summed E-state index contributed by atoms with van der Waals surface area (Å²) >= 11 is 0. The fourth-order valence-electron chi connectivity index (χ4n) is 2.30. The summed E-state index contributed by atoms with van der Waals surface area (Å²) in [6, 6.07) is 0.419. The lowest BCUT2D eigenvalue weighted by Gasteiger charge is -2.23. The van der Waals surface area contributed by atoms with Crippen molar-refractivity contribution in [2.45, 2.75) is 53.5 Å². The number of nitrogens with one attached hydrogen (secondary N) is 1. The highest BCUT2D eigenvalue weighted by molar-refractivity contribution is 5.28. The van der Waals surface area contributed by atoms with Crippen LogP contribution in [0.2, 0.25) is 0 Å². The molecule has 0 saturated carbocycles. The Hall–Kier alpha value is -0.830. The Bertz CT molecular complexity index is 372. The minimum absolute atomic E-state index is 0.388. The van der Waals surface area contributed by atoms with Gasteiger partial charge < -0.3 is 5.32 Å². The molecule has 0 aliphatic rings. The number of aromatic nitrogens is 2. The number of aryl methyl sites for hydroxylation is 2. The largest absolute Gasteiger partial charge is 0.313 e. The number of hydrogen-bond acceptors (Lipinski definition) is 2. The van der Waals surface area contributed by atoms with E-state index in [1.807, 2.05) is 18.8 Å². The van der Waals surface area contributed by atoms with Crippen molar-refractivity contribution in [2.75, 3.05) is 7.05 Å². The quantitative estimate of drug-likeness (QED) is 0.872. The summed E-state index contributed by atoms with van der Waals surface area (Å²) in [5.41, 5.74) is 4.19. The lowest BCUT2D eigenvalue weighted by molar-refractivity contribution is 0.337. The summed E-state index contributed by atoms with van der Waals surface area (Å²) < 4.78 is 1.98. The lowest BCUT2D eigenvalue weighted by atomic mass is 9.87. The van der Waals surface area contributed by atoms with E-state index in [1.54, 1.807) is 0 Å². The zero-order valence-corrected chi connectivity index (χ0v) is 12.4. The van der Waals surface area contributed by atoms with Crippen LogP contribution < -0.4 is 5.32 Å². The van der Waals surface area contributed by atoms with Crippen molar-refractivity contribution in [3.63, 3.8) is 0 Å². The van der Waals surface area contributed by atoms with E-state index in [1.165, 1.54) is 17.7 Å². The van der Waals surface area contributed by atoms with Gasteiger partial charge in [0.2, 0.25) is 0 Å². The average molecular weight is 237 g/mol. The van der Waals surface area contributed by atoms with Gasteiger partial charge in [0, 0.05) is 24.3 Å². The van der Waals surface area contributed by atoms with Gasteiger partial charge in [-0.3, -0.25) is 4.68 Å². The van der Waals surface area contributed by atoms with E-state index in [9.17, 15) is 0 Å². The van der Waals surface area contributed by atoms with Gasteiger partial charge >= 0.3 is 0 Å². The normalized spacial score (nSPS) is 14.1. The van der Waals surface area contributed by atoms with E-state index < -0.39 is 0 Å². The zero-order chi connectivity index (χ0) is 13.2. The van der Waals surface area contributed by atoms with E-state index in [0.717, 1.165) is 12.1 Å². The molecule has 98 valence electrons. The molecule has 0 fully saturated rings. The summed E-state index contributed by atoms with van der Waals surface area (Å²) in [5, 5.41) is 7.93. The fourth-order valence-corrected chi connectivity index (χ4v) is 2.30. The van der Waals surface area contributed by atoms with Crippen LogP contribution in [0.3, 0.4) is 0 Å². The molecule has 1 unspecified atom stereocenters. The molecule has 3 heteroatoms. The second kappa shape index (κ2) is 5.21. The van der Waals surface area contributed by atoms with Gasteiger partial charge in [-0.25, -0.2) is 0 Å². The molecule has 0 amide bonds. The van der Waals surface area contributed by atoms with Gasteiger partial charge in [0.25, 0.3) is 0 Å². The maximum Gasteiger partial charge on any atom is 0.0644 e. The van der Waals surface area contributed by atoms with Crippen molar-refractivity contribution in [1.82, 2.24) is 15.1 Å². The lowest BCUT2D eigenvalue weighted by Crippen LogP contribution is -2.20. The van der Waals surface area contributed by atoms with Crippen LogP contribution >= 0.6 is 0 Å². The fraction of sp³-hybridized carbons (Fsp3) is 0.786. The summed E-state index contributed by atoms with van der Waals surface area (Å²) in [7, 11) is 4.06. The van der Waals surface area contributed by atoms with Crippen LogP contribution in [0.1, 0.15) is 56.6 Å². The molecule has 0 bridgehead atoms. The molecule has 3 nitrogen and oxygen atoms in total. The van der Waals surface area contributed by atoms with Crippen molar-refractivity contribution in [1.29, 1.82) is 0 Å². The van der Waals surface area contributed by atoms with Crippen LogP contribution in [0.5, 0.6) is 0 Å². The van der Waals surface area contributed by atoms with Crippen LogP contribution in [-0.4, -0.2) is 16.8 Å². The molecule has 1 heterocycles. The van der Waals surface area contributed by atoms with Crippen LogP contribution in [0.4, 0.5) is 0 Å². The smallest absolute Gasteiger partial charge is 0.0644 e. The Morgan fingerprint density at radius 2 is 1.88 bits per heavy atom. The van der Waals surface area contributed by atoms with E-state index in [-0.39, 0.29) is 0 Å². The van der Waals surface area contributed by atoms with E-state index in [0.29, 0.717) is 11.5 Å². The molecule has 1 aromatic rings. The maximum atomic E-state index is 4.50. The van der Waals surface area contributed by atoms with Crippen molar-refractivity contribution in [3.8, 4) is 0 Å². The third-order valence-corrected chi connectivity index (χ3v) is 3.44. The van der Waals surface area contributed by atoms with Crippen LogP contribution in [0, 0.1) is 19.3 Å². The summed E-state index contributed by atoms with van der Waals surface area (Å²) in [4.78, 5) is 0.